The Morgan fingerprint density at radius 2 is 0.658 bits per heavy atom. The minimum atomic E-state index is -1.15. The average Bonchev–Trinajstić information content (AvgIpc) is 3.33. The number of allylic oxidation sites excluding steroid dienone is 9. The van der Waals surface area contributed by atoms with Crippen molar-refractivity contribution < 1.29 is 28.6 Å². The zero-order chi connectivity index (χ0) is 54.7. The Hall–Kier alpha value is -4.71. The molecule has 3 aliphatic carbocycles. The molecule has 0 aliphatic heterocycles. The fourth-order valence-electron chi connectivity index (χ4n) is 9.40. The normalized spacial score (nSPS) is 18.9. The topological polar surface area (TPSA) is 231 Å². The molecule has 15 nitrogen and oxygen atoms in total. The first kappa shape index (κ1) is 62.6. The van der Waals surface area contributed by atoms with Crippen molar-refractivity contribution in [1.29, 1.82) is 31.6 Å². The third-order valence-corrected chi connectivity index (χ3v) is 13.8. The first-order valence-corrected chi connectivity index (χ1v) is 27.7. The number of nitriles is 6. The summed E-state index contributed by atoms with van der Waals surface area (Å²) in [4.78, 5) is 48.2. The monoisotopic (exact) mass is 1110 g/mol. The van der Waals surface area contributed by atoms with Crippen LogP contribution in [-0.2, 0) is 28.6 Å². The van der Waals surface area contributed by atoms with Crippen molar-refractivity contribution in [2.75, 3.05) is 93.6 Å². The van der Waals surface area contributed by atoms with Crippen molar-refractivity contribution in [3.05, 3.63) is 67.2 Å². The molecule has 0 atom stereocenters. The van der Waals surface area contributed by atoms with E-state index in [4.69, 9.17) is 14.2 Å². The molecule has 0 aromatic rings. The van der Waals surface area contributed by atoms with Crippen LogP contribution in [-0.4, -0.2) is 126 Å². The van der Waals surface area contributed by atoms with Gasteiger partial charge in [0.15, 0.2) is 0 Å². The number of esters is 3. The predicted molar refractivity (Wildman–Crippen MR) is 299 cm³/mol. The van der Waals surface area contributed by atoms with Gasteiger partial charge in [-0.1, -0.05) is 41.5 Å². The Labute approximate surface area is 465 Å². The molecule has 0 amide bonds. The molecule has 0 saturated carbocycles. The van der Waals surface area contributed by atoms with E-state index in [2.05, 4.69) is 94.0 Å². The third-order valence-electron chi connectivity index (χ3n) is 12.6. The number of thiol groups is 6. The zero-order valence-corrected chi connectivity index (χ0v) is 48.0. The highest BCUT2D eigenvalue weighted by atomic mass is 32.1. The van der Waals surface area contributed by atoms with E-state index in [-0.39, 0.29) is 52.7 Å². The summed E-state index contributed by atoms with van der Waals surface area (Å²) in [5.41, 5.74) is 0.379. The van der Waals surface area contributed by atoms with Crippen LogP contribution in [0, 0.1) is 90.1 Å². The highest BCUT2D eigenvalue weighted by Crippen LogP contribution is 2.47. The number of hydrogen-bond donors (Lipinski definition) is 6. The van der Waals surface area contributed by atoms with E-state index in [0.717, 1.165) is 0 Å². The molecule has 0 aromatic heterocycles. The van der Waals surface area contributed by atoms with Gasteiger partial charge in [-0.05, 0) is 71.5 Å². The van der Waals surface area contributed by atoms with E-state index >= 15 is 0 Å². The third kappa shape index (κ3) is 16.9. The standard InChI is InChI=1S/C52H67N9O6S6/c1-50(2)19-35(38(25-53)44(22-50)59(7-13-68)8-14-69)41(28-56)47(62)65-31-34(32-66-48(63)42(29-57)36-20-51(3,4)23-45(39(36)26-54)60(9-15-70)10-16-71)33-67-49(64)43(30-58)37-21-52(5,6)24-46(40(37)27-55)61(11-17-72)12-18-73/h34,68-73H,7-24,31-33H2,1-6H3/b41-35+,42-36+,43-37+. The minimum absolute atomic E-state index is 0.170. The van der Waals surface area contributed by atoms with Crippen molar-refractivity contribution in [2.24, 2.45) is 22.2 Å². The maximum atomic E-state index is 14.1. The molecule has 21 heteroatoms. The number of ether oxygens (including phenoxy) is 3. The van der Waals surface area contributed by atoms with E-state index in [1.165, 1.54) is 0 Å². The summed E-state index contributed by atoms with van der Waals surface area (Å²) in [6.07, 6.45) is 2.03. The summed E-state index contributed by atoms with van der Waals surface area (Å²) in [5.74, 6) is -1.57. The number of carbonyl (C=O) groups is 3. The number of hydrogen-bond acceptors (Lipinski definition) is 21. The van der Waals surface area contributed by atoms with Gasteiger partial charge in [0, 0.05) is 90.9 Å². The molecule has 392 valence electrons. The molecule has 0 N–H and O–H groups in total. The van der Waals surface area contributed by atoms with Gasteiger partial charge < -0.3 is 28.9 Å². The van der Waals surface area contributed by atoms with Crippen LogP contribution in [0.5, 0.6) is 0 Å². The smallest absolute Gasteiger partial charge is 0.349 e. The van der Waals surface area contributed by atoms with Gasteiger partial charge in [-0.25, -0.2) is 14.4 Å². The average molecular weight is 1110 g/mol. The molecule has 0 heterocycles. The maximum absolute atomic E-state index is 14.1. The van der Waals surface area contributed by atoms with Crippen molar-refractivity contribution in [3.63, 3.8) is 0 Å². The van der Waals surface area contributed by atoms with Crippen LogP contribution in [0.2, 0.25) is 0 Å². The van der Waals surface area contributed by atoms with E-state index in [9.17, 15) is 46.0 Å². The predicted octanol–water partition coefficient (Wildman–Crippen LogP) is 7.97. The zero-order valence-electron chi connectivity index (χ0n) is 42.6. The number of rotatable bonds is 24. The lowest BCUT2D eigenvalue weighted by Crippen LogP contribution is -2.35. The van der Waals surface area contributed by atoms with Gasteiger partial charge in [0.2, 0.25) is 0 Å². The fraction of sp³-hybridized carbons (Fsp3) is 0.596. The van der Waals surface area contributed by atoms with Gasteiger partial charge >= 0.3 is 17.9 Å². The molecule has 3 rings (SSSR count). The first-order chi connectivity index (χ1) is 34.6. The summed E-state index contributed by atoms with van der Waals surface area (Å²) >= 11 is 26.5. The molecule has 0 spiro atoms. The molecule has 0 fully saturated rings. The van der Waals surface area contributed by atoms with Gasteiger partial charge in [0.05, 0.1) is 22.6 Å². The summed E-state index contributed by atoms with van der Waals surface area (Å²) in [6.45, 7) is 12.9. The Bertz CT molecular complexity index is 2260. The first-order valence-electron chi connectivity index (χ1n) is 23.9. The summed E-state index contributed by atoms with van der Waals surface area (Å²) in [7, 11) is 0. The number of carbonyl (C=O) groups excluding carboxylic acids is 3. The lowest BCUT2D eigenvalue weighted by molar-refractivity contribution is -0.148. The second kappa shape index (κ2) is 29.4. The van der Waals surface area contributed by atoms with Gasteiger partial charge in [0.1, 0.15) is 73.0 Å². The molecular weight excluding hydrogens is 1040 g/mol. The molecular formula is C52H67N9O6S6. The van der Waals surface area contributed by atoms with Crippen LogP contribution in [0.1, 0.15) is 80.1 Å². The maximum Gasteiger partial charge on any atom is 0.349 e. The molecule has 73 heavy (non-hydrogen) atoms. The molecule has 0 aromatic carbocycles. The second-order valence-electron chi connectivity index (χ2n) is 20.2. The van der Waals surface area contributed by atoms with Crippen LogP contribution in [0.3, 0.4) is 0 Å². The highest BCUT2D eigenvalue weighted by Gasteiger charge is 2.40. The second-order valence-corrected chi connectivity index (χ2v) is 22.9. The summed E-state index contributed by atoms with van der Waals surface area (Å²) in [6, 6.07) is 12.5. The van der Waals surface area contributed by atoms with Crippen LogP contribution < -0.4 is 0 Å². The van der Waals surface area contributed by atoms with Gasteiger partial charge in [0.25, 0.3) is 0 Å². The molecule has 0 saturated heterocycles. The van der Waals surface area contributed by atoms with Crippen molar-refractivity contribution in [2.45, 2.75) is 80.1 Å². The molecule has 3 aliphatic rings. The molecule has 0 bridgehead atoms. The lowest BCUT2D eigenvalue weighted by Gasteiger charge is -2.38. The van der Waals surface area contributed by atoms with Crippen molar-refractivity contribution >= 4 is 93.7 Å². The van der Waals surface area contributed by atoms with Crippen LogP contribution in [0.25, 0.3) is 0 Å². The fourth-order valence-corrected chi connectivity index (χ4v) is 10.9. The summed E-state index contributed by atoms with van der Waals surface area (Å²) < 4.78 is 17.3. The van der Waals surface area contributed by atoms with E-state index in [1.807, 2.05) is 74.4 Å². The van der Waals surface area contributed by atoms with Crippen molar-refractivity contribution in [3.8, 4) is 36.4 Å². The molecule has 0 radical (unpaired) electrons. The van der Waals surface area contributed by atoms with Gasteiger partial charge in [-0.2, -0.15) is 107 Å². The highest BCUT2D eigenvalue weighted by molar-refractivity contribution is 7.81. The van der Waals surface area contributed by atoms with Crippen LogP contribution >= 0.6 is 75.8 Å². The Kier molecular flexibility index (Phi) is 25.2. The van der Waals surface area contributed by atoms with Crippen LogP contribution in [0.4, 0.5) is 0 Å². The SMILES string of the molecule is CC1(C)CC(N(CCS)CCS)=C(C#N)/C(=C(\C#N)C(=O)OCC(COC(=O)/C(C#N)=C2\CC(C)(C)CC(N(CCS)CCS)=C2C#N)COC(=O)/C(C#N)=C2\CC(C)(C)CC(N(CCS)CCS)=C2C#N)C1. The minimum Gasteiger partial charge on any atom is -0.461 e. The van der Waals surface area contributed by atoms with E-state index < -0.39 is 76.6 Å². The Balaban J connectivity index is 2.18. The van der Waals surface area contributed by atoms with Crippen LogP contribution in [0.15, 0.2) is 67.2 Å². The van der Waals surface area contributed by atoms with E-state index in [1.54, 1.807) is 0 Å². The lowest BCUT2D eigenvalue weighted by atomic mass is 9.72. The van der Waals surface area contributed by atoms with Crippen molar-refractivity contribution in [1.82, 2.24) is 14.7 Å². The number of nitrogens with zero attached hydrogens (tertiary/aromatic N) is 9. The molecule has 0 unspecified atom stereocenters. The van der Waals surface area contributed by atoms with Gasteiger partial charge in [-0.15, -0.1) is 0 Å². The quantitative estimate of drug-likeness (QED) is 0.0177. The Morgan fingerprint density at radius 1 is 0.438 bits per heavy atom. The Morgan fingerprint density at radius 3 is 0.836 bits per heavy atom. The summed E-state index contributed by atoms with van der Waals surface area (Å²) in [5, 5.41) is 63.1. The largest absolute Gasteiger partial charge is 0.461 e. The van der Waals surface area contributed by atoms with E-state index in [0.29, 0.717) is 110 Å². The van der Waals surface area contributed by atoms with Gasteiger partial charge in [-0.3, -0.25) is 0 Å².